The van der Waals surface area contributed by atoms with Gasteiger partial charge in [0.1, 0.15) is 46.5 Å². The molecule has 0 spiro atoms. The van der Waals surface area contributed by atoms with Crippen molar-refractivity contribution in [1.82, 2.24) is 10.2 Å². The molecule has 0 aliphatic carbocycles. The van der Waals surface area contributed by atoms with E-state index in [0.717, 1.165) is 11.1 Å². The first-order valence-corrected chi connectivity index (χ1v) is 22.2. The molecule has 58 heavy (non-hydrogen) atoms. The van der Waals surface area contributed by atoms with E-state index in [-0.39, 0.29) is 41.9 Å². The van der Waals surface area contributed by atoms with Crippen molar-refractivity contribution in [2.45, 2.75) is 115 Å². The van der Waals surface area contributed by atoms with Crippen LogP contribution in [0.3, 0.4) is 0 Å². The van der Waals surface area contributed by atoms with Gasteiger partial charge in [-0.25, -0.2) is 9.59 Å². The molecule has 3 heterocycles. The van der Waals surface area contributed by atoms with Crippen molar-refractivity contribution < 1.29 is 52.8 Å². The van der Waals surface area contributed by atoms with Gasteiger partial charge in [-0.2, -0.15) is 0 Å². The Morgan fingerprint density at radius 1 is 1.14 bits per heavy atom. The number of fused-ring (bicyclic) bond motifs is 5. The van der Waals surface area contributed by atoms with E-state index in [2.05, 4.69) is 5.32 Å². The number of anilines is 1. The molecule has 2 fully saturated rings. The van der Waals surface area contributed by atoms with Crippen LogP contribution in [-0.2, 0) is 44.5 Å². The van der Waals surface area contributed by atoms with Crippen LogP contribution in [0.2, 0.25) is 5.02 Å². The van der Waals surface area contributed by atoms with Crippen molar-refractivity contribution in [2.24, 2.45) is 11.8 Å². The summed E-state index contributed by atoms with van der Waals surface area (Å²) < 4.78 is 29.3. The molecule has 0 aromatic heterocycles. The van der Waals surface area contributed by atoms with Crippen molar-refractivity contribution in [1.29, 1.82) is 0 Å². The average molecular weight is 869 g/mol. The highest BCUT2D eigenvalue weighted by Crippen LogP contribution is 2.49. The van der Waals surface area contributed by atoms with E-state index in [9.17, 15) is 29.1 Å². The van der Waals surface area contributed by atoms with E-state index in [1.165, 1.54) is 52.7 Å². The molecule has 3 aliphatic rings. The lowest BCUT2D eigenvalue weighted by molar-refractivity contribution is -0.162. The number of carbonyl (C=O) groups is 5. The first-order valence-electron chi connectivity index (χ1n) is 19.4. The summed E-state index contributed by atoms with van der Waals surface area (Å²) in [6.07, 6.45) is 1.46. The van der Waals surface area contributed by atoms with Crippen molar-refractivity contribution in [3.8, 4) is 5.75 Å². The Morgan fingerprint density at radius 2 is 1.81 bits per heavy atom. The number of ether oxygens (including phenoxy) is 5. The maximum atomic E-state index is 14.2. The molecule has 1 aromatic rings. The predicted molar refractivity (Wildman–Crippen MR) is 225 cm³/mol. The van der Waals surface area contributed by atoms with Crippen molar-refractivity contribution in [3.05, 3.63) is 46.5 Å². The number of amides is 3. The number of Topliss-reactive ketones (excluding diaryl/α,β-unsaturated/α-hetero) is 1. The molecule has 14 nitrogen and oxygen atoms in total. The molecule has 2 saturated heterocycles. The number of hydrogen-bond donors (Lipinski definition) is 2. The molecule has 2 N–H and O–H groups in total. The van der Waals surface area contributed by atoms with Crippen LogP contribution in [0.5, 0.6) is 5.75 Å². The van der Waals surface area contributed by atoms with Crippen LogP contribution in [0.1, 0.15) is 72.8 Å². The van der Waals surface area contributed by atoms with Crippen molar-refractivity contribution in [2.75, 3.05) is 44.7 Å². The normalized spacial score (nSPS) is 29.6. The Labute approximate surface area is 354 Å². The second kappa shape index (κ2) is 20.3. The first kappa shape index (κ1) is 47.4. The van der Waals surface area contributed by atoms with Crippen LogP contribution in [0.4, 0.5) is 10.5 Å². The summed E-state index contributed by atoms with van der Waals surface area (Å²) in [6, 6.07) is 2.57. The second-order valence-corrected chi connectivity index (χ2v) is 18.7. The molecule has 0 radical (unpaired) electrons. The maximum absolute atomic E-state index is 14.2. The van der Waals surface area contributed by atoms with Gasteiger partial charge in [-0.15, -0.1) is 0 Å². The Balaban J connectivity index is 1.62. The lowest BCUT2D eigenvalue weighted by Gasteiger charge is -2.42. The molecule has 3 amide bonds. The molecule has 0 saturated carbocycles. The number of esters is 1. The SMILES string of the molecule is COc1cc2cc(c1Cl)N(C)C(=O)C[C@@H](OC(=O)C(C)N(C)C(=O)CCSSCCC(=O)C(C)C)C1(C)OC1C(C)C1C[C@](O)(NC(=O)O1)[C@@H](OC)/C=C/C=C(\C)C2. The summed E-state index contributed by atoms with van der Waals surface area (Å²) in [4.78, 5) is 68.7. The molecule has 17 heteroatoms. The van der Waals surface area contributed by atoms with Crippen molar-refractivity contribution in [3.63, 3.8) is 0 Å². The number of rotatable bonds is 13. The van der Waals surface area contributed by atoms with Crippen LogP contribution >= 0.6 is 33.2 Å². The van der Waals surface area contributed by atoms with Gasteiger partial charge >= 0.3 is 12.1 Å². The largest absolute Gasteiger partial charge is 0.495 e. The van der Waals surface area contributed by atoms with E-state index in [0.29, 0.717) is 35.8 Å². The summed E-state index contributed by atoms with van der Waals surface area (Å²) in [5.41, 5.74) is -0.970. The summed E-state index contributed by atoms with van der Waals surface area (Å²) in [5.74, 6) is -0.314. The first-order chi connectivity index (χ1) is 27.3. The van der Waals surface area contributed by atoms with Crippen LogP contribution in [0.15, 0.2) is 35.9 Å². The minimum absolute atomic E-state index is 0.0122. The molecular weight excluding hydrogens is 810 g/mol. The number of ketones is 1. The zero-order chi connectivity index (χ0) is 43.1. The number of epoxide rings is 1. The van der Waals surface area contributed by atoms with Crippen LogP contribution in [0, 0.1) is 11.8 Å². The van der Waals surface area contributed by atoms with E-state index in [1.807, 2.05) is 26.8 Å². The number of alkyl carbamates (subject to hydrolysis) is 1. The number of nitrogens with one attached hydrogen (secondary N) is 1. The molecule has 1 aromatic carbocycles. The monoisotopic (exact) mass is 867 g/mol. The lowest BCUT2D eigenvalue weighted by Crippen LogP contribution is -2.63. The van der Waals surface area contributed by atoms with Crippen molar-refractivity contribution >= 4 is 68.5 Å². The number of likely N-dealkylation sites (N-methyl/N-ethyl adjacent to an activating group) is 1. The van der Waals surface area contributed by atoms with Gasteiger partial charge in [-0.3, -0.25) is 19.7 Å². The lowest BCUT2D eigenvalue weighted by atomic mass is 9.83. The number of methoxy groups -OCH3 is 2. The van der Waals surface area contributed by atoms with Gasteiger partial charge < -0.3 is 38.6 Å². The number of benzene rings is 1. The van der Waals surface area contributed by atoms with Gasteiger partial charge in [0.15, 0.2) is 5.72 Å². The Kier molecular flexibility index (Phi) is 16.6. The van der Waals surface area contributed by atoms with E-state index >= 15 is 0 Å². The Morgan fingerprint density at radius 3 is 2.45 bits per heavy atom. The minimum Gasteiger partial charge on any atom is -0.495 e. The smallest absolute Gasteiger partial charge is 0.409 e. The highest BCUT2D eigenvalue weighted by Gasteiger charge is 2.64. The van der Waals surface area contributed by atoms with E-state index < -0.39 is 65.7 Å². The molecule has 322 valence electrons. The van der Waals surface area contributed by atoms with Gasteiger partial charge in [0.25, 0.3) is 0 Å². The van der Waals surface area contributed by atoms with E-state index in [4.69, 9.17) is 35.3 Å². The maximum Gasteiger partial charge on any atom is 0.409 e. The molecule has 3 aliphatic heterocycles. The molecule has 8 atom stereocenters. The quantitative estimate of drug-likeness (QED) is 0.104. The Hall–Kier alpha value is -3.28. The minimum atomic E-state index is -1.84. The van der Waals surface area contributed by atoms with E-state index in [1.54, 1.807) is 52.1 Å². The average Bonchev–Trinajstić information content (AvgIpc) is 3.87. The Bertz CT molecular complexity index is 1760. The number of aliphatic hydroxyl groups is 1. The van der Waals surface area contributed by atoms with Crippen LogP contribution < -0.4 is 15.0 Å². The van der Waals surface area contributed by atoms with Gasteiger partial charge in [-0.05, 0) is 44.9 Å². The molecule has 4 rings (SSSR count). The zero-order valence-electron chi connectivity index (χ0n) is 35.0. The molecule has 4 bridgehead atoms. The van der Waals surface area contributed by atoms with Gasteiger partial charge in [0.05, 0.1) is 25.3 Å². The van der Waals surface area contributed by atoms with Gasteiger partial charge in [0.2, 0.25) is 11.8 Å². The third-order valence-electron chi connectivity index (χ3n) is 11.1. The van der Waals surface area contributed by atoms with Crippen LogP contribution in [0.25, 0.3) is 0 Å². The number of nitrogens with zero attached hydrogens (tertiary/aromatic N) is 2. The topological polar surface area (TPSA) is 174 Å². The highest BCUT2D eigenvalue weighted by atomic mass is 35.5. The highest BCUT2D eigenvalue weighted by molar-refractivity contribution is 8.76. The third kappa shape index (κ3) is 11.5. The predicted octanol–water partition coefficient (Wildman–Crippen LogP) is 5.90. The second-order valence-electron chi connectivity index (χ2n) is 15.7. The standard InChI is InChI=1S/C41H58ClN3O11S2/c1-23(2)29(46)14-16-57-58-17-15-34(47)44(7)26(5)38(49)55-33-21-35(48)45(8)28-19-27(20-30(52-9)36(28)42)18-24(3)12-11-13-32(53-10)41(51)22-31(54-39(50)43-41)25(4)37-40(33,6)56-37/h11-13,19-20,23,25-26,31-33,37,51H,14-18,21-22H2,1-10H3,(H,43,50)/b13-11+,24-12+/t25?,26?,31?,32-,33+,37?,40?,41+/m0/s1. The van der Waals surface area contributed by atoms with Gasteiger partial charge in [0, 0.05) is 63.8 Å². The zero-order valence-corrected chi connectivity index (χ0v) is 37.4. The number of hydrogen-bond acceptors (Lipinski definition) is 13. The summed E-state index contributed by atoms with van der Waals surface area (Å²) in [7, 11) is 9.03. The fraction of sp³-hybridized carbons (Fsp3) is 0.634. The fourth-order valence-electron chi connectivity index (χ4n) is 7.07. The number of allylic oxidation sites excluding steroid dienone is 3. The van der Waals surface area contributed by atoms with Crippen LogP contribution in [-0.4, -0.2) is 121 Å². The number of halogens is 1. The third-order valence-corrected chi connectivity index (χ3v) is 13.9. The van der Waals surface area contributed by atoms with Gasteiger partial charge in [-0.1, -0.05) is 77.8 Å². The molecule has 5 unspecified atom stereocenters. The summed E-state index contributed by atoms with van der Waals surface area (Å²) in [6.45, 7) is 10.7. The number of carbonyl (C=O) groups excluding carboxylic acids is 5. The summed E-state index contributed by atoms with van der Waals surface area (Å²) >= 11 is 6.78. The molecular formula is C41H58ClN3O11S2. The fourth-order valence-corrected chi connectivity index (χ4v) is 9.37. The summed E-state index contributed by atoms with van der Waals surface area (Å²) in [5, 5.41) is 14.5.